The average molecular weight is 282 g/mol. The molecule has 0 bridgehead atoms. The summed E-state index contributed by atoms with van der Waals surface area (Å²) < 4.78 is 10.7. The van der Waals surface area contributed by atoms with Crippen molar-refractivity contribution in [3.05, 3.63) is 40.5 Å². The van der Waals surface area contributed by atoms with E-state index >= 15 is 0 Å². The first-order valence-corrected chi connectivity index (χ1v) is 6.42. The van der Waals surface area contributed by atoms with Crippen LogP contribution in [0, 0.1) is 0 Å². The van der Waals surface area contributed by atoms with Gasteiger partial charge in [0.2, 0.25) is 11.7 Å². The maximum atomic E-state index is 6.09. The highest BCUT2D eigenvalue weighted by atomic mass is 35.5. The van der Waals surface area contributed by atoms with Crippen LogP contribution in [-0.2, 0) is 13.2 Å². The van der Waals surface area contributed by atoms with E-state index in [0.29, 0.717) is 29.0 Å². The highest BCUT2D eigenvalue weighted by Crippen LogP contribution is 2.29. The molecule has 1 aromatic heterocycles. The van der Waals surface area contributed by atoms with Gasteiger partial charge in [-0.05, 0) is 6.07 Å². The molecule has 0 fully saturated rings. The molecule has 0 saturated heterocycles. The van der Waals surface area contributed by atoms with Gasteiger partial charge in [0.05, 0.1) is 5.02 Å². The van der Waals surface area contributed by atoms with Crippen LogP contribution in [0.3, 0.4) is 0 Å². The number of para-hydroxylation sites is 1. The fourth-order valence-corrected chi connectivity index (χ4v) is 1.82. The number of rotatable bonds is 5. The zero-order chi connectivity index (χ0) is 13.8. The molecule has 0 saturated carbocycles. The molecule has 0 atom stereocenters. The smallest absolute Gasteiger partial charge is 0.229 e. The molecule has 6 heteroatoms. The quantitative estimate of drug-likeness (QED) is 0.912. The van der Waals surface area contributed by atoms with Gasteiger partial charge in [0.25, 0.3) is 0 Å². The average Bonchev–Trinajstić information content (AvgIpc) is 2.86. The van der Waals surface area contributed by atoms with Gasteiger partial charge in [0, 0.05) is 18.0 Å². The summed E-state index contributed by atoms with van der Waals surface area (Å²) in [5, 5.41) is 4.38. The SMILES string of the molecule is CC(C)c1nc(COc2c(Cl)cccc2CN)no1. The lowest BCUT2D eigenvalue weighted by Crippen LogP contribution is -2.04. The predicted molar refractivity (Wildman–Crippen MR) is 72.1 cm³/mol. The normalized spacial score (nSPS) is 11.0. The van der Waals surface area contributed by atoms with Gasteiger partial charge in [0.15, 0.2) is 6.61 Å². The van der Waals surface area contributed by atoms with E-state index in [9.17, 15) is 0 Å². The van der Waals surface area contributed by atoms with Crippen molar-refractivity contribution in [3.63, 3.8) is 0 Å². The second-order valence-electron chi connectivity index (χ2n) is 4.42. The first kappa shape index (κ1) is 13.8. The fourth-order valence-electron chi connectivity index (χ4n) is 1.57. The van der Waals surface area contributed by atoms with Crippen LogP contribution >= 0.6 is 11.6 Å². The van der Waals surface area contributed by atoms with E-state index in [1.807, 2.05) is 26.0 Å². The number of aromatic nitrogens is 2. The van der Waals surface area contributed by atoms with E-state index in [-0.39, 0.29) is 12.5 Å². The largest absolute Gasteiger partial charge is 0.484 e. The van der Waals surface area contributed by atoms with Crippen molar-refractivity contribution in [3.8, 4) is 5.75 Å². The first-order chi connectivity index (χ1) is 9.11. The van der Waals surface area contributed by atoms with E-state index in [4.69, 9.17) is 26.6 Å². The van der Waals surface area contributed by atoms with Gasteiger partial charge in [-0.15, -0.1) is 0 Å². The van der Waals surface area contributed by atoms with Crippen molar-refractivity contribution < 1.29 is 9.26 Å². The van der Waals surface area contributed by atoms with Gasteiger partial charge in [-0.1, -0.05) is 42.7 Å². The number of hydrogen-bond donors (Lipinski definition) is 1. The maximum Gasteiger partial charge on any atom is 0.229 e. The van der Waals surface area contributed by atoms with Crippen LogP contribution in [0.1, 0.15) is 37.0 Å². The molecular weight excluding hydrogens is 266 g/mol. The Hall–Kier alpha value is -1.59. The Labute approximate surface area is 116 Å². The highest BCUT2D eigenvalue weighted by Gasteiger charge is 2.12. The topological polar surface area (TPSA) is 74.2 Å². The van der Waals surface area contributed by atoms with Crippen LogP contribution in [0.4, 0.5) is 0 Å². The van der Waals surface area contributed by atoms with Gasteiger partial charge in [-0.3, -0.25) is 0 Å². The van der Waals surface area contributed by atoms with E-state index in [0.717, 1.165) is 5.56 Å². The van der Waals surface area contributed by atoms with E-state index in [1.165, 1.54) is 0 Å². The Morgan fingerprint density at radius 2 is 2.21 bits per heavy atom. The van der Waals surface area contributed by atoms with E-state index < -0.39 is 0 Å². The lowest BCUT2D eigenvalue weighted by molar-refractivity contribution is 0.282. The van der Waals surface area contributed by atoms with Crippen LogP contribution in [0.15, 0.2) is 22.7 Å². The Morgan fingerprint density at radius 3 is 2.84 bits per heavy atom. The molecule has 5 nitrogen and oxygen atoms in total. The molecule has 0 radical (unpaired) electrons. The third kappa shape index (κ3) is 3.24. The second-order valence-corrected chi connectivity index (χ2v) is 4.83. The molecule has 102 valence electrons. The second kappa shape index (κ2) is 6.04. The van der Waals surface area contributed by atoms with Crippen molar-refractivity contribution in [2.45, 2.75) is 32.9 Å². The summed E-state index contributed by atoms with van der Waals surface area (Å²) in [7, 11) is 0. The fraction of sp³-hybridized carbons (Fsp3) is 0.385. The molecule has 2 N–H and O–H groups in total. The zero-order valence-corrected chi connectivity index (χ0v) is 11.6. The van der Waals surface area contributed by atoms with Crippen LogP contribution in [0.2, 0.25) is 5.02 Å². The van der Waals surface area contributed by atoms with Crippen molar-refractivity contribution in [1.29, 1.82) is 0 Å². The van der Waals surface area contributed by atoms with Crippen molar-refractivity contribution >= 4 is 11.6 Å². The van der Waals surface area contributed by atoms with Gasteiger partial charge in [-0.2, -0.15) is 4.98 Å². The first-order valence-electron chi connectivity index (χ1n) is 6.04. The molecule has 0 aliphatic rings. The number of ether oxygens (including phenoxy) is 1. The van der Waals surface area contributed by atoms with Crippen molar-refractivity contribution in [2.24, 2.45) is 5.73 Å². The lowest BCUT2D eigenvalue weighted by atomic mass is 10.2. The summed E-state index contributed by atoms with van der Waals surface area (Å²) in [5.74, 6) is 1.85. The Kier molecular flexibility index (Phi) is 4.39. The zero-order valence-electron chi connectivity index (χ0n) is 10.9. The lowest BCUT2D eigenvalue weighted by Gasteiger charge is -2.10. The predicted octanol–water partition coefficient (Wildman–Crippen LogP) is 2.88. The maximum absolute atomic E-state index is 6.09. The molecular formula is C13H16ClN3O2. The highest BCUT2D eigenvalue weighted by molar-refractivity contribution is 6.32. The minimum Gasteiger partial charge on any atom is -0.484 e. The Bertz CT molecular complexity index is 555. The molecule has 2 aromatic rings. The summed E-state index contributed by atoms with van der Waals surface area (Å²) >= 11 is 6.09. The van der Waals surface area contributed by atoms with Gasteiger partial charge in [-0.25, -0.2) is 0 Å². The van der Waals surface area contributed by atoms with Crippen LogP contribution in [0.25, 0.3) is 0 Å². The number of hydrogen-bond acceptors (Lipinski definition) is 5. The summed E-state index contributed by atoms with van der Waals surface area (Å²) in [6, 6.07) is 5.46. The van der Waals surface area contributed by atoms with Crippen molar-refractivity contribution in [1.82, 2.24) is 10.1 Å². The molecule has 0 aliphatic heterocycles. The monoisotopic (exact) mass is 281 g/mol. The number of benzene rings is 1. The van der Waals surface area contributed by atoms with Crippen LogP contribution in [0.5, 0.6) is 5.75 Å². The molecule has 0 aliphatic carbocycles. The summed E-state index contributed by atoms with van der Waals surface area (Å²) in [4.78, 5) is 4.23. The Balaban J connectivity index is 2.09. The van der Waals surface area contributed by atoms with Crippen LogP contribution < -0.4 is 10.5 Å². The minimum atomic E-state index is 0.196. The molecule has 1 heterocycles. The third-order valence-corrected chi connectivity index (χ3v) is 2.89. The van der Waals surface area contributed by atoms with Gasteiger partial charge >= 0.3 is 0 Å². The minimum absolute atomic E-state index is 0.196. The van der Waals surface area contributed by atoms with Gasteiger partial charge < -0.3 is 15.0 Å². The van der Waals surface area contributed by atoms with E-state index in [1.54, 1.807) is 6.07 Å². The van der Waals surface area contributed by atoms with Crippen LogP contribution in [-0.4, -0.2) is 10.1 Å². The molecule has 19 heavy (non-hydrogen) atoms. The molecule has 0 spiro atoms. The Morgan fingerprint density at radius 1 is 1.42 bits per heavy atom. The molecule has 0 amide bonds. The summed E-state index contributed by atoms with van der Waals surface area (Å²) in [5.41, 5.74) is 6.49. The van der Waals surface area contributed by atoms with Gasteiger partial charge in [0.1, 0.15) is 5.75 Å². The molecule has 1 aromatic carbocycles. The summed E-state index contributed by atoms with van der Waals surface area (Å²) in [6.45, 7) is 4.53. The molecule has 0 unspecified atom stereocenters. The standard InChI is InChI=1S/C13H16ClN3O2/c1-8(2)13-16-11(17-19-13)7-18-12-9(6-15)4-3-5-10(12)14/h3-5,8H,6-7,15H2,1-2H3. The number of nitrogens with zero attached hydrogens (tertiary/aromatic N) is 2. The third-order valence-electron chi connectivity index (χ3n) is 2.59. The number of nitrogens with two attached hydrogens (primary N) is 1. The number of halogens is 1. The summed E-state index contributed by atoms with van der Waals surface area (Å²) in [6.07, 6.45) is 0. The van der Waals surface area contributed by atoms with E-state index in [2.05, 4.69) is 10.1 Å². The molecule has 2 rings (SSSR count). The van der Waals surface area contributed by atoms with Crippen molar-refractivity contribution in [2.75, 3.05) is 0 Å².